The normalized spacial score (nSPS) is 18.9. The number of nitrogens with one attached hydrogen (secondary N) is 4. The van der Waals surface area contributed by atoms with Gasteiger partial charge in [0.15, 0.2) is 58.3 Å². The standard InChI is InChI=1S/C24H28F5N3O6S.C24H28F5N3O5S.C22H24F5N3O5S.C20H21F3N2O5S/c1-37-12-13-38-18-7-9-22(10-8-18,21(33)32-34)39(35,36)19-4-2-16(3-5-19)20-15-30-17(14-31-20)6-11-23(25,26)24(27,28)29;1-37-15-14-32-12-10-22(11-13-32,21(33)31-34)38(35,36)19-5-3-18(4-6-19)20-7-2-17(16-30-20)8-9-23(25,26)24(27,28)29;1-35-16-7-9-20(10-8-16,19(31)30-32)36(33,34)17-4-2-14(3-5-17)18-13-28-15(12-29-18)6-11-21(23,24)22(25,26)27;21-20(22,23)8-7-14-1-6-17(24-13-14)15-2-4-16(5-3-15)31(28,29)19(18(26)25-27)9-11-30-12-10-19/h2-5,14-15,18,34H,6-13H2,1H3,(H,32,33);2-7,16,34H,8-15H2,1H3,(H,31,33);2-5,12-13,16,32H,6-11H2,1H3,(H,30,31);1-6,13,27H,7-12H2,(H,25,26). The third-order valence-electron chi connectivity index (χ3n) is 25.1. The van der Waals surface area contributed by atoms with Gasteiger partial charge in [0.1, 0.15) is 0 Å². The van der Waals surface area contributed by atoms with Crippen LogP contribution < -0.4 is 21.9 Å². The molecule has 0 bridgehead atoms. The summed E-state index contributed by atoms with van der Waals surface area (Å²) in [5.74, 6) is -18.6. The van der Waals surface area contributed by atoms with Crippen molar-refractivity contribution in [1.82, 2.24) is 56.7 Å². The van der Waals surface area contributed by atoms with Gasteiger partial charge in [-0.25, -0.2) is 55.6 Å². The van der Waals surface area contributed by atoms with Crippen LogP contribution >= 0.6 is 0 Å². The monoisotopic (exact) mass is 2140 g/mol. The molecule has 2 aliphatic heterocycles. The number of ether oxygens (including phenoxy) is 5. The molecule has 2 aliphatic carbocycles. The summed E-state index contributed by atoms with van der Waals surface area (Å²) in [6.45, 7) is 2.44. The highest BCUT2D eigenvalue weighted by Gasteiger charge is 2.61. The van der Waals surface area contributed by atoms with Gasteiger partial charge in [-0.3, -0.25) is 69.9 Å². The van der Waals surface area contributed by atoms with Crippen LogP contribution in [0.25, 0.3) is 45.0 Å². The van der Waals surface area contributed by atoms with Gasteiger partial charge in [0.25, 0.3) is 23.6 Å². The molecule has 4 aromatic carbocycles. The largest absolute Gasteiger partial charge is 0.453 e. The maximum absolute atomic E-state index is 13.6. The molecule has 792 valence electrons. The van der Waals surface area contributed by atoms with E-state index in [-0.39, 0.29) is 144 Å². The molecule has 32 nitrogen and oxygen atoms in total. The SMILES string of the molecule is COC1CCC(C(=O)NO)(S(=O)(=O)c2ccc(-c3cnc(CCC(F)(F)C(F)(F)F)cn3)cc2)CC1.COCCN1CCC(C(=O)NO)(S(=O)(=O)c2ccc(-c3ccc(CCC(F)(F)C(F)(F)F)cn3)cc2)CC1.COCCOC1CCC(C(=O)NO)(S(=O)(=O)c2ccc(-c3cnc(CCC(F)(F)C(F)(F)F)cn3)cc2)CC1.O=C(NO)C1(S(=O)(=O)c2ccc(-c3ccc(CCC(F)(F)F)cn3)cc2)CCOCC1. The van der Waals surface area contributed by atoms with Gasteiger partial charge in [-0.1, -0.05) is 60.7 Å². The van der Waals surface area contributed by atoms with E-state index >= 15 is 0 Å². The number of alkyl halides is 18. The highest BCUT2D eigenvalue weighted by Crippen LogP contribution is 2.47. The number of carbonyl (C=O) groups is 4. The minimum atomic E-state index is -5.66. The summed E-state index contributed by atoms with van der Waals surface area (Å²) in [5, 5.41) is 36.9. The van der Waals surface area contributed by atoms with E-state index in [9.17, 15) is 147 Å². The summed E-state index contributed by atoms with van der Waals surface area (Å²) in [6.07, 6.45) is -21.3. The number of halogens is 18. The number of hydroxylamine groups is 4. The number of piperidine rings is 1. The average molecular weight is 2140 g/mol. The van der Waals surface area contributed by atoms with Crippen molar-refractivity contribution in [1.29, 1.82) is 0 Å². The number of carbonyl (C=O) groups excluding carboxylic acids is 4. The Labute approximate surface area is 813 Å². The van der Waals surface area contributed by atoms with Crippen molar-refractivity contribution in [2.45, 2.75) is 222 Å². The third kappa shape index (κ3) is 27.4. The Balaban J connectivity index is 0.000000215. The molecule has 144 heavy (non-hydrogen) atoms. The van der Waals surface area contributed by atoms with E-state index in [4.69, 9.17) is 28.9 Å². The lowest BCUT2D eigenvalue weighted by Gasteiger charge is -2.39. The van der Waals surface area contributed by atoms with Gasteiger partial charge in [-0.2, -0.15) is 79.0 Å². The molecule has 8 aromatic rings. The maximum atomic E-state index is 13.6. The lowest BCUT2D eigenvalue weighted by Crippen LogP contribution is -2.58. The van der Waals surface area contributed by atoms with Crippen LogP contribution in [-0.4, -0.2) is 261 Å². The van der Waals surface area contributed by atoms with Gasteiger partial charge in [0.05, 0.1) is 98.2 Å². The molecule has 4 aliphatic rings. The van der Waals surface area contributed by atoms with Crippen molar-refractivity contribution in [3.8, 4) is 45.0 Å². The molecular formula is C90H101F18N11O21S4. The lowest BCUT2D eigenvalue weighted by molar-refractivity contribution is -0.284. The van der Waals surface area contributed by atoms with E-state index in [0.29, 0.717) is 91.5 Å². The van der Waals surface area contributed by atoms with Crippen LogP contribution in [0.4, 0.5) is 79.0 Å². The highest BCUT2D eigenvalue weighted by molar-refractivity contribution is 7.94. The minimum absolute atomic E-state index is 0.0381. The van der Waals surface area contributed by atoms with Gasteiger partial charge in [0.2, 0.25) is 0 Å². The van der Waals surface area contributed by atoms with Gasteiger partial charge >= 0.3 is 42.5 Å². The molecule has 54 heteroatoms. The predicted octanol–water partition coefficient (Wildman–Crippen LogP) is 14.5. The van der Waals surface area contributed by atoms with Gasteiger partial charge in [0, 0.05) is 127 Å². The molecule has 2 saturated heterocycles. The summed E-state index contributed by atoms with van der Waals surface area (Å²) in [6, 6.07) is 27.8. The fourth-order valence-electron chi connectivity index (χ4n) is 16.2. The molecule has 4 aromatic heterocycles. The first kappa shape index (κ1) is 117. The van der Waals surface area contributed by atoms with Gasteiger partial charge in [-0.15, -0.1) is 0 Å². The van der Waals surface area contributed by atoms with E-state index in [1.54, 1.807) is 19.2 Å². The molecule has 6 heterocycles. The number of aryl methyl sites for hydroxylation is 4. The number of pyridine rings is 2. The number of likely N-dealkylation sites (tertiary alicyclic amines) is 1. The number of hydrogen-bond donors (Lipinski definition) is 8. The van der Waals surface area contributed by atoms with Crippen LogP contribution in [0.3, 0.4) is 0 Å². The molecule has 2 saturated carbocycles. The molecular weight excluding hydrogens is 2040 g/mol. The number of aromatic nitrogens is 6. The predicted molar refractivity (Wildman–Crippen MR) is 473 cm³/mol. The average Bonchev–Trinajstić information content (AvgIpc) is 0.600. The smallest absolute Gasteiger partial charge is 0.383 e. The Morgan fingerprint density at radius 2 is 0.660 bits per heavy atom. The highest BCUT2D eigenvalue weighted by atomic mass is 32.2. The molecule has 8 N–H and O–H groups in total. The minimum Gasteiger partial charge on any atom is -0.383 e. The van der Waals surface area contributed by atoms with Crippen molar-refractivity contribution < 1.29 is 176 Å². The molecule has 0 radical (unpaired) electrons. The first-order valence-electron chi connectivity index (χ1n) is 43.9. The first-order valence-corrected chi connectivity index (χ1v) is 49.9. The topological polar surface area (TPSA) is 461 Å². The zero-order valence-electron chi connectivity index (χ0n) is 76.8. The van der Waals surface area contributed by atoms with Crippen LogP contribution in [0.2, 0.25) is 0 Å². The van der Waals surface area contributed by atoms with Crippen LogP contribution in [0.15, 0.2) is 178 Å². The number of nitrogens with zero attached hydrogens (tertiary/aromatic N) is 7. The number of sulfone groups is 4. The number of rotatable bonds is 35. The Morgan fingerprint density at radius 1 is 0.361 bits per heavy atom. The van der Waals surface area contributed by atoms with E-state index in [1.807, 2.05) is 4.90 Å². The fourth-order valence-corrected chi connectivity index (χ4v) is 24.1. The van der Waals surface area contributed by atoms with E-state index in [1.165, 1.54) is 170 Å². The van der Waals surface area contributed by atoms with Crippen LogP contribution in [-0.2, 0) is 108 Å². The molecule has 0 atom stereocenters. The third-order valence-corrected chi connectivity index (χ3v) is 35.2. The van der Waals surface area contributed by atoms with Crippen LogP contribution in [0, 0.1) is 0 Å². The number of methoxy groups -OCH3 is 3. The zero-order valence-corrected chi connectivity index (χ0v) is 80.0. The fraction of sp³-hybridized carbons (Fsp3) is 0.489. The van der Waals surface area contributed by atoms with E-state index < -0.39 is 169 Å². The van der Waals surface area contributed by atoms with E-state index in [0.717, 1.165) is 12.4 Å². The zero-order chi connectivity index (χ0) is 107. The molecule has 0 spiro atoms. The number of amides is 4. The van der Waals surface area contributed by atoms with Crippen molar-refractivity contribution in [3.05, 3.63) is 181 Å². The van der Waals surface area contributed by atoms with Crippen molar-refractivity contribution >= 4 is 63.0 Å². The first-order chi connectivity index (χ1) is 67.4. The summed E-state index contributed by atoms with van der Waals surface area (Å²) < 4.78 is 353. The Kier molecular flexibility index (Phi) is 39.3. The summed E-state index contributed by atoms with van der Waals surface area (Å²) in [4.78, 5) is 75.5. The molecule has 4 amide bonds. The van der Waals surface area contributed by atoms with Crippen molar-refractivity contribution in [2.24, 2.45) is 0 Å². The second-order valence-corrected chi connectivity index (χ2v) is 42.9. The molecule has 4 fully saturated rings. The summed E-state index contributed by atoms with van der Waals surface area (Å²) in [5.41, 5.74) is 9.49. The van der Waals surface area contributed by atoms with Crippen molar-refractivity contribution in [3.63, 3.8) is 0 Å². The Bertz CT molecular complexity index is 6070. The van der Waals surface area contributed by atoms with Gasteiger partial charge < -0.3 is 28.6 Å². The van der Waals surface area contributed by atoms with Crippen molar-refractivity contribution in [2.75, 3.05) is 74.0 Å². The van der Waals surface area contributed by atoms with Crippen LogP contribution in [0.5, 0.6) is 0 Å². The Hall–Kier alpha value is -10.6. The quantitative estimate of drug-likeness (QED) is 0.00791. The second-order valence-electron chi connectivity index (χ2n) is 33.9. The van der Waals surface area contributed by atoms with Crippen LogP contribution in [0.1, 0.15) is 125 Å². The maximum Gasteiger partial charge on any atom is 0.453 e. The lowest BCUT2D eigenvalue weighted by atomic mass is 9.86. The summed E-state index contributed by atoms with van der Waals surface area (Å²) >= 11 is 0. The summed E-state index contributed by atoms with van der Waals surface area (Å²) in [7, 11) is -12.3. The molecule has 12 rings (SSSR count). The second kappa shape index (κ2) is 48.3. The molecule has 0 unspecified atom stereocenters. The number of hydrogen-bond acceptors (Lipinski definition) is 28. The Morgan fingerprint density at radius 3 is 0.944 bits per heavy atom. The van der Waals surface area contributed by atoms with Gasteiger partial charge in [-0.05, 0) is 175 Å². The number of benzene rings is 4. The van der Waals surface area contributed by atoms with E-state index in [2.05, 4.69) is 29.9 Å².